The van der Waals surface area contributed by atoms with Crippen molar-refractivity contribution in [1.29, 1.82) is 0 Å². The number of nitrogens with zero attached hydrogens (tertiary/aromatic N) is 1. The molecule has 0 aliphatic rings. The zero-order chi connectivity index (χ0) is 15.3. The van der Waals surface area contributed by atoms with Crippen molar-refractivity contribution in [3.8, 4) is 0 Å². The second-order valence-corrected chi connectivity index (χ2v) is 4.39. The number of hydrogen-bond acceptors (Lipinski definition) is 6. The van der Waals surface area contributed by atoms with Crippen LogP contribution < -0.4 is 0 Å². The average molecular weight is 277 g/mol. The molecule has 20 heavy (non-hydrogen) atoms. The smallest absolute Gasteiger partial charge is 0.339 e. The normalized spacial score (nSPS) is 10.8. The average Bonchev–Trinajstić information content (AvgIpc) is 2.38. The fourth-order valence-corrected chi connectivity index (χ4v) is 1.79. The minimum atomic E-state index is -1.92. The Morgan fingerprint density at radius 2 is 1.65 bits per heavy atom. The van der Waals surface area contributed by atoms with Crippen LogP contribution in [0.2, 0.25) is 0 Å². The van der Waals surface area contributed by atoms with E-state index in [0.717, 1.165) is 20.8 Å². The van der Waals surface area contributed by atoms with Crippen LogP contribution in [0.4, 0.5) is 0 Å². The molecule has 0 N–H and O–H groups in total. The fourth-order valence-electron chi connectivity index (χ4n) is 1.79. The molecule has 0 aromatic carbocycles. The lowest BCUT2D eigenvalue weighted by Gasteiger charge is -2.24. The molecule has 0 spiro atoms. The van der Waals surface area contributed by atoms with Crippen LogP contribution in [-0.2, 0) is 19.1 Å². The van der Waals surface area contributed by atoms with Gasteiger partial charge in [0, 0.05) is 12.4 Å². The first-order valence-corrected chi connectivity index (χ1v) is 5.92. The first-order valence-electron chi connectivity index (χ1n) is 5.92. The zero-order valence-electron chi connectivity index (χ0n) is 11.5. The third-order valence-corrected chi connectivity index (χ3v) is 3.12. The van der Waals surface area contributed by atoms with Crippen molar-refractivity contribution in [2.24, 2.45) is 5.41 Å². The summed E-state index contributed by atoms with van der Waals surface area (Å²) in [5.41, 5.74) is -1.74. The molecule has 0 atom stereocenters. The van der Waals surface area contributed by atoms with Crippen LogP contribution in [0.15, 0.2) is 24.5 Å². The number of carbonyl (C=O) groups excluding carboxylic acids is 4. The van der Waals surface area contributed by atoms with Crippen molar-refractivity contribution in [1.82, 2.24) is 4.98 Å². The van der Waals surface area contributed by atoms with Gasteiger partial charge in [0.05, 0.1) is 5.56 Å². The molecule has 0 unspecified atom stereocenters. The van der Waals surface area contributed by atoms with E-state index in [0.29, 0.717) is 0 Å². The SMILES string of the molecule is CC(=O)C(COC(=O)c1cccnc1)(C(C)=O)C(C)=O. The predicted octanol–water partition coefficient (Wildman–Crippen LogP) is 0.992. The molecular weight excluding hydrogens is 262 g/mol. The highest BCUT2D eigenvalue weighted by Gasteiger charge is 2.46. The van der Waals surface area contributed by atoms with Gasteiger partial charge < -0.3 is 4.74 Å². The molecule has 6 heteroatoms. The Kier molecular flexibility index (Phi) is 4.85. The van der Waals surface area contributed by atoms with Crippen LogP contribution in [-0.4, -0.2) is 34.9 Å². The minimum absolute atomic E-state index is 0.178. The summed E-state index contributed by atoms with van der Waals surface area (Å²) in [7, 11) is 0. The lowest BCUT2D eigenvalue weighted by atomic mass is 9.77. The minimum Gasteiger partial charge on any atom is -0.460 e. The molecule has 0 bridgehead atoms. The van der Waals surface area contributed by atoms with Crippen molar-refractivity contribution in [2.45, 2.75) is 20.8 Å². The van der Waals surface area contributed by atoms with Gasteiger partial charge in [0.15, 0.2) is 22.8 Å². The Balaban J connectivity index is 2.94. The van der Waals surface area contributed by atoms with E-state index in [1.54, 1.807) is 6.07 Å². The molecule has 0 aliphatic heterocycles. The van der Waals surface area contributed by atoms with Gasteiger partial charge in [-0.2, -0.15) is 0 Å². The number of aromatic nitrogens is 1. The molecule has 106 valence electrons. The van der Waals surface area contributed by atoms with Gasteiger partial charge in [0.2, 0.25) is 0 Å². The summed E-state index contributed by atoms with van der Waals surface area (Å²) >= 11 is 0. The summed E-state index contributed by atoms with van der Waals surface area (Å²) < 4.78 is 4.94. The molecule has 1 aromatic rings. The standard InChI is InChI=1S/C14H15NO5/c1-9(16)14(10(2)17,11(3)18)8-20-13(19)12-5-4-6-15-7-12/h4-7H,8H2,1-3H3. The highest BCUT2D eigenvalue weighted by molar-refractivity contribution is 6.22. The molecule has 1 aromatic heterocycles. The van der Waals surface area contributed by atoms with E-state index in [2.05, 4.69) is 4.98 Å². The molecule has 0 fully saturated rings. The first kappa shape index (κ1) is 15.7. The van der Waals surface area contributed by atoms with Crippen LogP contribution in [0.3, 0.4) is 0 Å². The largest absolute Gasteiger partial charge is 0.460 e. The number of rotatable bonds is 6. The van der Waals surface area contributed by atoms with Crippen LogP contribution in [0.25, 0.3) is 0 Å². The van der Waals surface area contributed by atoms with Gasteiger partial charge in [-0.25, -0.2) is 4.79 Å². The van der Waals surface area contributed by atoms with Crippen LogP contribution in [0.1, 0.15) is 31.1 Å². The van der Waals surface area contributed by atoms with Gasteiger partial charge in [-0.05, 0) is 32.9 Å². The highest BCUT2D eigenvalue weighted by Crippen LogP contribution is 2.23. The number of hydrogen-bond donors (Lipinski definition) is 0. The molecule has 0 aliphatic carbocycles. The number of ketones is 3. The third kappa shape index (κ3) is 2.96. The quantitative estimate of drug-likeness (QED) is 0.569. The van der Waals surface area contributed by atoms with Gasteiger partial charge in [-0.3, -0.25) is 19.4 Å². The summed E-state index contributed by atoms with van der Waals surface area (Å²) in [5.74, 6) is -2.67. The summed E-state index contributed by atoms with van der Waals surface area (Å²) in [6.07, 6.45) is 2.78. The van der Waals surface area contributed by atoms with Crippen LogP contribution in [0.5, 0.6) is 0 Å². The van der Waals surface area contributed by atoms with Gasteiger partial charge in [0.25, 0.3) is 0 Å². The van der Waals surface area contributed by atoms with E-state index in [1.165, 1.54) is 18.5 Å². The van der Waals surface area contributed by atoms with Crippen molar-refractivity contribution < 1.29 is 23.9 Å². The molecule has 0 saturated heterocycles. The number of esters is 1. The molecule has 1 rings (SSSR count). The topological polar surface area (TPSA) is 90.4 Å². The maximum absolute atomic E-state index is 11.8. The van der Waals surface area contributed by atoms with E-state index in [1.807, 2.05) is 0 Å². The number of ether oxygens (including phenoxy) is 1. The van der Waals surface area contributed by atoms with E-state index >= 15 is 0 Å². The summed E-state index contributed by atoms with van der Waals surface area (Å²) in [6.45, 7) is 2.78. The summed E-state index contributed by atoms with van der Waals surface area (Å²) in [5, 5.41) is 0. The zero-order valence-corrected chi connectivity index (χ0v) is 11.5. The molecule has 0 saturated carbocycles. The second kappa shape index (κ2) is 6.18. The predicted molar refractivity (Wildman–Crippen MR) is 69.0 cm³/mol. The Hall–Kier alpha value is -2.37. The lowest BCUT2D eigenvalue weighted by Crippen LogP contribution is -2.47. The second-order valence-electron chi connectivity index (χ2n) is 4.39. The van der Waals surface area contributed by atoms with E-state index in [4.69, 9.17) is 4.74 Å². The summed E-state index contributed by atoms with van der Waals surface area (Å²) in [4.78, 5) is 50.5. The van der Waals surface area contributed by atoms with E-state index in [-0.39, 0.29) is 5.56 Å². The Morgan fingerprint density at radius 1 is 1.10 bits per heavy atom. The molecule has 0 amide bonds. The van der Waals surface area contributed by atoms with Gasteiger partial charge in [-0.1, -0.05) is 0 Å². The van der Waals surface area contributed by atoms with Crippen LogP contribution >= 0.6 is 0 Å². The molecule has 6 nitrogen and oxygen atoms in total. The van der Waals surface area contributed by atoms with Crippen molar-refractivity contribution in [2.75, 3.05) is 6.61 Å². The monoisotopic (exact) mass is 277 g/mol. The Labute approximate surface area is 116 Å². The Bertz CT molecular complexity index is 514. The van der Waals surface area contributed by atoms with Gasteiger partial charge in [-0.15, -0.1) is 0 Å². The van der Waals surface area contributed by atoms with Crippen molar-refractivity contribution >= 4 is 23.3 Å². The van der Waals surface area contributed by atoms with Crippen LogP contribution in [0, 0.1) is 5.41 Å². The van der Waals surface area contributed by atoms with Crippen molar-refractivity contribution in [3.63, 3.8) is 0 Å². The number of pyridine rings is 1. The first-order chi connectivity index (χ1) is 9.32. The fraction of sp³-hybridized carbons (Fsp3) is 0.357. The van der Waals surface area contributed by atoms with Gasteiger partial charge in [0.1, 0.15) is 6.61 Å². The molecule has 0 radical (unpaired) electrons. The lowest BCUT2D eigenvalue weighted by molar-refractivity contribution is -0.149. The summed E-state index contributed by atoms with van der Waals surface area (Å²) in [6, 6.07) is 3.02. The number of carbonyl (C=O) groups is 4. The third-order valence-electron chi connectivity index (χ3n) is 3.12. The Morgan fingerprint density at radius 3 is 2.05 bits per heavy atom. The van der Waals surface area contributed by atoms with E-state index < -0.39 is 35.3 Å². The van der Waals surface area contributed by atoms with Crippen molar-refractivity contribution in [3.05, 3.63) is 30.1 Å². The number of Topliss-reactive ketones (excluding diaryl/α,β-unsaturated/α-hetero) is 3. The molecular formula is C14H15NO5. The maximum atomic E-state index is 11.8. The van der Waals surface area contributed by atoms with E-state index in [9.17, 15) is 19.2 Å². The van der Waals surface area contributed by atoms with Gasteiger partial charge >= 0.3 is 5.97 Å². The molecule has 1 heterocycles. The highest BCUT2D eigenvalue weighted by atomic mass is 16.5. The maximum Gasteiger partial charge on any atom is 0.339 e.